The molecule has 1 aromatic carbocycles. The third-order valence-corrected chi connectivity index (χ3v) is 5.58. The van der Waals surface area contributed by atoms with E-state index in [1.54, 1.807) is 0 Å². The van der Waals surface area contributed by atoms with E-state index in [-0.39, 0.29) is 11.8 Å². The van der Waals surface area contributed by atoms with Gasteiger partial charge in [-0.15, -0.1) is 0 Å². The lowest BCUT2D eigenvalue weighted by Crippen LogP contribution is -2.34. The summed E-state index contributed by atoms with van der Waals surface area (Å²) >= 11 is 0. The van der Waals surface area contributed by atoms with E-state index in [1.165, 1.54) is 12.8 Å². The third-order valence-electron chi connectivity index (χ3n) is 5.58. The van der Waals surface area contributed by atoms with E-state index in [1.807, 2.05) is 41.0 Å². The number of carbonyl (C=O) groups excluding carboxylic acids is 1. The van der Waals surface area contributed by atoms with Crippen LogP contribution >= 0.6 is 0 Å². The summed E-state index contributed by atoms with van der Waals surface area (Å²) in [6, 6.07) is 10.3. The lowest BCUT2D eigenvalue weighted by atomic mass is 9.83. The summed E-state index contributed by atoms with van der Waals surface area (Å²) in [7, 11) is 1.93. The number of likely N-dealkylation sites (N-methyl/N-ethyl adjacent to an activating group) is 1. The molecule has 0 bridgehead atoms. The zero-order valence-electron chi connectivity index (χ0n) is 15.6. The predicted octanol–water partition coefficient (Wildman–Crippen LogP) is 4.14. The molecule has 1 fully saturated rings. The Morgan fingerprint density at radius 1 is 1.28 bits per heavy atom. The molecule has 2 aromatic rings. The lowest BCUT2D eigenvalue weighted by molar-refractivity contribution is -0.133. The zero-order chi connectivity index (χ0) is 17.8. The van der Waals surface area contributed by atoms with E-state index >= 15 is 0 Å². The quantitative estimate of drug-likeness (QED) is 0.793. The Bertz CT molecular complexity index is 701. The van der Waals surface area contributed by atoms with Crippen molar-refractivity contribution in [2.24, 2.45) is 5.92 Å². The standard InChI is InChI=1S/C21H29N3O/c1-4-24-16(2)19(14-22-24)15-23(3)21(25)20(18-12-8-9-13-18)17-10-6-5-7-11-17/h5-7,10-11,14,18,20H,4,8-9,12-13,15H2,1-3H3. The first-order valence-corrected chi connectivity index (χ1v) is 9.43. The number of hydrogen-bond acceptors (Lipinski definition) is 2. The SMILES string of the molecule is CCn1ncc(CN(C)C(=O)C(c2ccccc2)C2CCCC2)c1C. The second kappa shape index (κ2) is 7.85. The van der Waals surface area contributed by atoms with Crippen LogP contribution in [0.25, 0.3) is 0 Å². The summed E-state index contributed by atoms with van der Waals surface area (Å²) in [5.41, 5.74) is 3.45. The molecule has 25 heavy (non-hydrogen) atoms. The van der Waals surface area contributed by atoms with Gasteiger partial charge in [-0.05, 0) is 38.2 Å². The summed E-state index contributed by atoms with van der Waals surface area (Å²) in [4.78, 5) is 15.2. The van der Waals surface area contributed by atoms with Crippen LogP contribution in [0.2, 0.25) is 0 Å². The van der Waals surface area contributed by atoms with Crippen molar-refractivity contribution in [3.8, 4) is 0 Å². The van der Waals surface area contributed by atoms with Crippen LogP contribution in [-0.2, 0) is 17.9 Å². The smallest absolute Gasteiger partial charge is 0.230 e. The van der Waals surface area contributed by atoms with E-state index in [9.17, 15) is 4.79 Å². The minimum absolute atomic E-state index is 0.0183. The van der Waals surface area contributed by atoms with Crippen LogP contribution in [0.4, 0.5) is 0 Å². The fourth-order valence-electron chi connectivity index (χ4n) is 4.10. The topological polar surface area (TPSA) is 38.1 Å². The molecule has 134 valence electrons. The van der Waals surface area contributed by atoms with Gasteiger partial charge in [-0.3, -0.25) is 9.48 Å². The fourth-order valence-corrected chi connectivity index (χ4v) is 4.10. The number of aromatic nitrogens is 2. The zero-order valence-corrected chi connectivity index (χ0v) is 15.6. The number of rotatable bonds is 6. The van der Waals surface area contributed by atoms with Crippen LogP contribution in [0.15, 0.2) is 36.5 Å². The Hall–Kier alpha value is -2.10. The minimum atomic E-state index is -0.0183. The predicted molar refractivity (Wildman–Crippen MR) is 100 cm³/mol. The van der Waals surface area contributed by atoms with Gasteiger partial charge in [-0.1, -0.05) is 43.2 Å². The summed E-state index contributed by atoms with van der Waals surface area (Å²) in [5, 5.41) is 4.41. The third kappa shape index (κ3) is 3.78. The number of amides is 1. The second-order valence-electron chi connectivity index (χ2n) is 7.20. The lowest BCUT2D eigenvalue weighted by Gasteiger charge is -2.28. The number of hydrogen-bond donors (Lipinski definition) is 0. The van der Waals surface area contributed by atoms with Gasteiger partial charge in [-0.2, -0.15) is 5.10 Å². The molecule has 4 nitrogen and oxygen atoms in total. The Morgan fingerprint density at radius 3 is 2.56 bits per heavy atom. The Labute approximate surface area is 150 Å². The first-order chi connectivity index (χ1) is 12.1. The maximum absolute atomic E-state index is 13.3. The molecule has 4 heteroatoms. The van der Waals surface area contributed by atoms with Crippen molar-refractivity contribution in [1.82, 2.24) is 14.7 Å². The van der Waals surface area contributed by atoms with Gasteiger partial charge in [0.15, 0.2) is 0 Å². The van der Waals surface area contributed by atoms with Crippen molar-refractivity contribution in [1.29, 1.82) is 0 Å². The first kappa shape index (κ1) is 17.7. The van der Waals surface area contributed by atoms with Gasteiger partial charge in [0, 0.05) is 31.4 Å². The molecule has 1 aliphatic carbocycles. The molecule has 0 N–H and O–H groups in total. The van der Waals surface area contributed by atoms with Crippen LogP contribution in [0.1, 0.15) is 55.3 Å². The van der Waals surface area contributed by atoms with E-state index in [2.05, 4.69) is 31.1 Å². The van der Waals surface area contributed by atoms with Crippen LogP contribution in [0.5, 0.6) is 0 Å². The van der Waals surface area contributed by atoms with Crippen molar-refractivity contribution in [2.75, 3.05) is 7.05 Å². The van der Waals surface area contributed by atoms with Gasteiger partial charge in [0.05, 0.1) is 12.1 Å². The molecule has 1 aromatic heterocycles. The molecule has 0 saturated heterocycles. The molecule has 0 radical (unpaired) electrons. The molecule has 1 amide bonds. The highest BCUT2D eigenvalue weighted by Crippen LogP contribution is 2.38. The normalized spacial score (nSPS) is 16.1. The maximum atomic E-state index is 13.3. The highest BCUT2D eigenvalue weighted by molar-refractivity contribution is 5.84. The van der Waals surface area contributed by atoms with Crippen molar-refractivity contribution in [3.05, 3.63) is 53.3 Å². The summed E-state index contributed by atoms with van der Waals surface area (Å²) < 4.78 is 1.99. The number of nitrogens with zero attached hydrogens (tertiary/aromatic N) is 3. The molecule has 1 aliphatic rings. The first-order valence-electron chi connectivity index (χ1n) is 9.43. The van der Waals surface area contributed by atoms with Crippen LogP contribution in [0.3, 0.4) is 0 Å². The molecule has 1 heterocycles. The summed E-state index contributed by atoms with van der Waals surface area (Å²) in [5.74, 6) is 0.689. The maximum Gasteiger partial charge on any atom is 0.230 e. The second-order valence-corrected chi connectivity index (χ2v) is 7.20. The number of benzene rings is 1. The van der Waals surface area contributed by atoms with Gasteiger partial charge in [-0.25, -0.2) is 0 Å². The van der Waals surface area contributed by atoms with E-state index in [4.69, 9.17) is 0 Å². The highest BCUT2D eigenvalue weighted by atomic mass is 16.2. The molecule has 1 unspecified atom stereocenters. The van der Waals surface area contributed by atoms with Gasteiger partial charge >= 0.3 is 0 Å². The summed E-state index contributed by atoms with van der Waals surface area (Å²) in [6.07, 6.45) is 6.70. The monoisotopic (exact) mass is 339 g/mol. The average molecular weight is 339 g/mol. The van der Waals surface area contributed by atoms with Crippen molar-refractivity contribution >= 4 is 5.91 Å². The Morgan fingerprint density at radius 2 is 1.96 bits per heavy atom. The molecule has 0 aliphatic heterocycles. The number of aryl methyl sites for hydroxylation is 1. The molecular weight excluding hydrogens is 310 g/mol. The van der Waals surface area contributed by atoms with Crippen LogP contribution in [0, 0.1) is 12.8 Å². The van der Waals surface area contributed by atoms with Crippen molar-refractivity contribution in [2.45, 2.75) is 58.5 Å². The van der Waals surface area contributed by atoms with Crippen molar-refractivity contribution in [3.63, 3.8) is 0 Å². The molecule has 1 saturated carbocycles. The molecule has 0 spiro atoms. The number of carbonyl (C=O) groups is 1. The van der Waals surface area contributed by atoms with E-state index in [0.29, 0.717) is 12.5 Å². The van der Waals surface area contributed by atoms with Gasteiger partial charge in [0.1, 0.15) is 0 Å². The van der Waals surface area contributed by atoms with Gasteiger partial charge in [0.25, 0.3) is 0 Å². The Balaban J connectivity index is 1.80. The fraction of sp³-hybridized carbons (Fsp3) is 0.524. The van der Waals surface area contributed by atoms with Gasteiger partial charge in [0.2, 0.25) is 5.91 Å². The molecular formula is C21H29N3O. The van der Waals surface area contributed by atoms with Crippen LogP contribution < -0.4 is 0 Å². The van der Waals surface area contributed by atoms with Crippen LogP contribution in [-0.4, -0.2) is 27.6 Å². The van der Waals surface area contributed by atoms with E-state index < -0.39 is 0 Å². The van der Waals surface area contributed by atoms with Crippen molar-refractivity contribution < 1.29 is 4.79 Å². The average Bonchev–Trinajstić information content (AvgIpc) is 3.27. The largest absolute Gasteiger partial charge is 0.341 e. The molecule has 3 rings (SSSR count). The van der Waals surface area contributed by atoms with Gasteiger partial charge < -0.3 is 4.90 Å². The summed E-state index contributed by atoms with van der Waals surface area (Å²) in [6.45, 7) is 5.65. The Kier molecular flexibility index (Phi) is 5.57. The molecule has 1 atom stereocenters. The van der Waals surface area contributed by atoms with E-state index in [0.717, 1.165) is 36.2 Å². The minimum Gasteiger partial charge on any atom is -0.341 e. The highest BCUT2D eigenvalue weighted by Gasteiger charge is 2.33.